The Hall–Kier alpha value is -0.690. The van der Waals surface area contributed by atoms with Crippen molar-refractivity contribution >= 4 is 21.6 Å². The summed E-state index contributed by atoms with van der Waals surface area (Å²) in [6.07, 6.45) is 2.01. The number of hydrogen-bond acceptors (Lipinski definition) is 4. The van der Waals surface area contributed by atoms with Crippen molar-refractivity contribution in [3.05, 3.63) is 23.5 Å². The number of nitrogens with two attached hydrogens (primary N) is 1. The molecule has 0 aliphatic rings. The Kier molecular flexibility index (Phi) is 4.46. The van der Waals surface area contributed by atoms with Crippen molar-refractivity contribution in [3.63, 3.8) is 0 Å². The standard InChI is InChI=1S/C8H12ClN3O2S/c9-8-7(3-1-5-11-8)15(13,14)12-6-2-4-10/h1,3,5,12H,2,4,6,10H2. The van der Waals surface area contributed by atoms with Gasteiger partial charge >= 0.3 is 0 Å². The Morgan fingerprint density at radius 2 is 2.27 bits per heavy atom. The summed E-state index contributed by atoms with van der Waals surface area (Å²) in [6, 6.07) is 2.92. The molecule has 0 saturated heterocycles. The molecule has 0 atom stereocenters. The monoisotopic (exact) mass is 249 g/mol. The van der Waals surface area contributed by atoms with Crippen LogP contribution in [0.4, 0.5) is 0 Å². The van der Waals surface area contributed by atoms with Crippen molar-refractivity contribution in [1.29, 1.82) is 0 Å². The zero-order valence-corrected chi connectivity index (χ0v) is 9.55. The van der Waals surface area contributed by atoms with Crippen molar-refractivity contribution in [2.75, 3.05) is 13.1 Å². The second-order valence-electron chi connectivity index (χ2n) is 2.83. The summed E-state index contributed by atoms with van der Waals surface area (Å²) in [5.41, 5.74) is 5.25. The Labute approximate surface area is 93.7 Å². The lowest BCUT2D eigenvalue weighted by Crippen LogP contribution is -2.26. The van der Waals surface area contributed by atoms with E-state index in [0.29, 0.717) is 19.5 Å². The highest BCUT2D eigenvalue weighted by Gasteiger charge is 2.17. The van der Waals surface area contributed by atoms with Gasteiger partial charge in [0.1, 0.15) is 10.0 Å². The molecule has 1 aromatic rings. The van der Waals surface area contributed by atoms with Gasteiger partial charge in [-0.05, 0) is 25.1 Å². The normalized spacial score (nSPS) is 11.6. The lowest BCUT2D eigenvalue weighted by molar-refractivity contribution is 0.579. The maximum atomic E-state index is 11.7. The molecule has 3 N–H and O–H groups in total. The molecule has 0 aromatic carbocycles. The van der Waals surface area contributed by atoms with E-state index in [4.69, 9.17) is 17.3 Å². The predicted molar refractivity (Wildman–Crippen MR) is 58.1 cm³/mol. The van der Waals surface area contributed by atoms with E-state index in [2.05, 4.69) is 9.71 Å². The molecule has 7 heteroatoms. The number of nitrogens with zero attached hydrogens (tertiary/aromatic N) is 1. The van der Waals surface area contributed by atoms with Crippen LogP contribution in [0.2, 0.25) is 5.15 Å². The van der Waals surface area contributed by atoms with Gasteiger partial charge in [0.15, 0.2) is 0 Å². The molecule has 15 heavy (non-hydrogen) atoms. The van der Waals surface area contributed by atoms with E-state index in [1.165, 1.54) is 18.3 Å². The zero-order valence-electron chi connectivity index (χ0n) is 7.98. The third-order valence-electron chi connectivity index (χ3n) is 1.69. The Morgan fingerprint density at radius 3 is 2.87 bits per heavy atom. The van der Waals surface area contributed by atoms with E-state index in [1.807, 2.05) is 0 Å². The Morgan fingerprint density at radius 1 is 1.53 bits per heavy atom. The highest BCUT2D eigenvalue weighted by atomic mass is 35.5. The molecule has 1 rings (SSSR count). The molecule has 0 radical (unpaired) electrons. The fourth-order valence-corrected chi connectivity index (χ4v) is 2.48. The van der Waals surface area contributed by atoms with Crippen molar-refractivity contribution in [2.45, 2.75) is 11.3 Å². The minimum absolute atomic E-state index is 0.0105. The van der Waals surface area contributed by atoms with Crippen LogP contribution in [0.1, 0.15) is 6.42 Å². The third-order valence-corrected chi connectivity index (χ3v) is 3.59. The van der Waals surface area contributed by atoms with E-state index in [-0.39, 0.29) is 10.0 Å². The second kappa shape index (κ2) is 5.41. The maximum Gasteiger partial charge on any atom is 0.243 e. The summed E-state index contributed by atoms with van der Waals surface area (Å²) in [7, 11) is -3.56. The second-order valence-corrected chi connectivity index (χ2v) is 4.93. The third kappa shape index (κ3) is 3.42. The van der Waals surface area contributed by atoms with E-state index in [1.54, 1.807) is 0 Å². The average Bonchev–Trinajstić information content (AvgIpc) is 2.18. The minimum Gasteiger partial charge on any atom is -0.330 e. The molecule has 0 unspecified atom stereocenters. The lowest BCUT2D eigenvalue weighted by Gasteiger charge is -2.06. The van der Waals surface area contributed by atoms with Crippen LogP contribution in [0.3, 0.4) is 0 Å². The SMILES string of the molecule is NCCCNS(=O)(=O)c1cccnc1Cl. The molecule has 0 aliphatic carbocycles. The van der Waals surface area contributed by atoms with E-state index in [9.17, 15) is 8.42 Å². The molecule has 84 valence electrons. The van der Waals surface area contributed by atoms with Gasteiger partial charge < -0.3 is 5.73 Å². The van der Waals surface area contributed by atoms with Gasteiger partial charge in [0.25, 0.3) is 0 Å². The molecular formula is C8H12ClN3O2S. The largest absolute Gasteiger partial charge is 0.330 e. The minimum atomic E-state index is -3.56. The highest BCUT2D eigenvalue weighted by Crippen LogP contribution is 2.17. The quantitative estimate of drug-likeness (QED) is 0.583. The van der Waals surface area contributed by atoms with Crippen LogP contribution in [0.15, 0.2) is 23.2 Å². The Bertz CT molecular complexity index is 422. The fraction of sp³-hybridized carbons (Fsp3) is 0.375. The van der Waals surface area contributed by atoms with E-state index >= 15 is 0 Å². The molecule has 5 nitrogen and oxygen atoms in total. The first-order valence-corrected chi connectivity index (χ1v) is 6.24. The van der Waals surface area contributed by atoms with Gasteiger partial charge in [0, 0.05) is 12.7 Å². The predicted octanol–water partition coefficient (Wildman–Crippen LogP) is 0.362. The van der Waals surface area contributed by atoms with Crippen molar-refractivity contribution in [2.24, 2.45) is 5.73 Å². The number of hydrogen-bond donors (Lipinski definition) is 2. The van der Waals surface area contributed by atoms with Crippen LogP contribution in [0, 0.1) is 0 Å². The van der Waals surface area contributed by atoms with Crippen LogP contribution >= 0.6 is 11.6 Å². The van der Waals surface area contributed by atoms with E-state index < -0.39 is 10.0 Å². The molecule has 0 bridgehead atoms. The van der Waals surface area contributed by atoms with Gasteiger partial charge in [-0.1, -0.05) is 11.6 Å². The molecule has 0 spiro atoms. The first-order valence-electron chi connectivity index (χ1n) is 4.38. The van der Waals surface area contributed by atoms with Gasteiger partial charge in [0.2, 0.25) is 10.0 Å². The summed E-state index contributed by atoms with van der Waals surface area (Å²) in [4.78, 5) is 3.68. The Balaban J connectivity index is 2.83. The van der Waals surface area contributed by atoms with Crippen molar-refractivity contribution < 1.29 is 8.42 Å². The first-order chi connectivity index (χ1) is 7.08. The maximum absolute atomic E-state index is 11.7. The number of pyridine rings is 1. The molecule has 1 aromatic heterocycles. The summed E-state index contributed by atoms with van der Waals surface area (Å²) in [5.74, 6) is 0. The molecule has 0 amide bonds. The summed E-state index contributed by atoms with van der Waals surface area (Å²) < 4.78 is 25.7. The van der Waals surface area contributed by atoms with E-state index in [0.717, 1.165) is 0 Å². The van der Waals surface area contributed by atoms with Gasteiger partial charge in [-0.15, -0.1) is 0 Å². The summed E-state index contributed by atoms with van der Waals surface area (Å²) in [6.45, 7) is 0.730. The van der Waals surface area contributed by atoms with Crippen LogP contribution in [-0.4, -0.2) is 26.5 Å². The first kappa shape index (κ1) is 12.4. The van der Waals surface area contributed by atoms with Crippen LogP contribution in [0.5, 0.6) is 0 Å². The van der Waals surface area contributed by atoms with Gasteiger partial charge in [-0.3, -0.25) is 0 Å². The zero-order chi connectivity index (χ0) is 11.3. The van der Waals surface area contributed by atoms with Gasteiger partial charge in [0.05, 0.1) is 0 Å². The molecular weight excluding hydrogens is 238 g/mol. The number of halogens is 1. The van der Waals surface area contributed by atoms with Crippen molar-refractivity contribution in [1.82, 2.24) is 9.71 Å². The smallest absolute Gasteiger partial charge is 0.243 e. The summed E-state index contributed by atoms with van der Waals surface area (Å²) in [5, 5.41) is -0.0299. The van der Waals surface area contributed by atoms with Crippen molar-refractivity contribution in [3.8, 4) is 0 Å². The molecule has 0 fully saturated rings. The average molecular weight is 250 g/mol. The van der Waals surface area contributed by atoms with Crippen LogP contribution in [-0.2, 0) is 10.0 Å². The topological polar surface area (TPSA) is 85.1 Å². The number of aromatic nitrogens is 1. The molecule has 0 saturated carbocycles. The molecule has 1 heterocycles. The summed E-state index contributed by atoms with van der Waals surface area (Å²) >= 11 is 5.67. The number of rotatable bonds is 5. The lowest BCUT2D eigenvalue weighted by atomic mass is 10.4. The fourth-order valence-electron chi connectivity index (χ4n) is 0.958. The van der Waals surface area contributed by atoms with Crippen LogP contribution < -0.4 is 10.5 Å². The number of nitrogens with one attached hydrogen (secondary N) is 1. The molecule has 0 aliphatic heterocycles. The highest BCUT2D eigenvalue weighted by molar-refractivity contribution is 7.89. The van der Waals surface area contributed by atoms with Gasteiger partial charge in [-0.2, -0.15) is 0 Å². The number of sulfonamides is 1. The van der Waals surface area contributed by atoms with Gasteiger partial charge in [-0.25, -0.2) is 18.1 Å². The van der Waals surface area contributed by atoms with Crippen LogP contribution in [0.25, 0.3) is 0 Å².